The molecule has 258 valence electrons. The summed E-state index contributed by atoms with van der Waals surface area (Å²) in [5, 5.41) is 5.31. The molecule has 1 aromatic carbocycles. The van der Waals surface area contributed by atoms with Gasteiger partial charge in [-0.15, -0.1) is 0 Å². The van der Waals surface area contributed by atoms with Gasteiger partial charge in [0.05, 0.1) is 29.3 Å². The number of fused-ring (bicyclic) bond motifs is 1. The summed E-state index contributed by atoms with van der Waals surface area (Å²) in [6, 6.07) is 4.00. The number of sulfonamides is 1. The molecule has 0 saturated carbocycles. The van der Waals surface area contributed by atoms with E-state index in [9.17, 15) is 36.4 Å². The molecule has 15 nitrogen and oxygen atoms in total. The van der Waals surface area contributed by atoms with Gasteiger partial charge in [-0.2, -0.15) is 8.78 Å². The number of carbonyl (C=O) groups excluding carboxylic acids is 4. The van der Waals surface area contributed by atoms with E-state index in [1.165, 1.54) is 4.31 Å². The zero-order valence-corrected chi connectivity index (χ0v) is 26.8. The number of hydrogen-bond donors (Lipinski definition) is 2. The number of aromatic nitrogens is 2. The number of halogens is 2. The number of imide groups is 2. The highest BCUT2D eigenvalue weighted by Gasteiger charge is 2.44. The molecule has 4 aliphatic rings. The third-order valence-electron chi connectivity index (χ3n) is 9.07. The number of hydrogen-bond acceptors (Lipinski definition) is 12. The van der Waals surface area contributed by atoms with E-state index >= 15 is 0 Å². The second-order valence-corrected chi connectivity index (χ2v) is 14.2. The van der Waals surface area contributed by atoms with Crippen molar-refractivity contribution in [2.75, 3.05) is 61.8 Å². The Labute approximate surface area is 275 Å². The summed E-state index contributed by atoms with van der Waals surface area (Å²) in [6.07, 6.45) is 4.04. The van der Waals surface area contributed by atoms with Crippen LogP contribution in [0.1, 0.15) is 52.8 Å². The quantitative estimate of drug-likeness (QED) is 0.320. The number of amides is 4. The first-order valence-corrected chi connectivity index (χ1v) is 17.4. The Morgan fingerprint density at radius 1 is 0.938 bits per heavy atom. The number of piperazine rings is 1. The summed E-state index contributed by atoms with van der Waals surface area (Å²) in [7, 11) is -3.44. The largest absolute Gasteiger partial charge is 0.432 e. The molecule has 6 rings (SSSR count). The summed E-state index contributed by atoms with van der Waals surface area (Å²) in [5.74, 6) is -2.01. The number of piperidine rings is 2. The van der Waals surface area contributed by atoms with Gasteiger partial charge in [0.15, 0.2) is 5.75 Å². The van der Waals surface area contributed by atoms with Crippen LogP contribution in [0, 0.1) is 0 Å². The van der Waals surface area contributed by atoms with Crippen LogP contribution in [-0.4, -0.2) is 126 Å². The van der Waals surface area contributed by atoms with Crippen LogP contribution >= 0.6 is 0 Å². The minimum Gasteiger partial charge on any atom is -0.432 e. The lowest BCUT2D eigenvalue weighted by Gasteiger charge is -2.36. The number of rotatable bonds is 11. The van der Waals surface area contributed by atoms with Gasteiger partial charge in [0.2, 0.25) is 27.8 Å². The zero-order valence-electron chi connectivity index (χ0n) is 26.0. The first-order valence-electron chi connectivity index (χ1n) is 15.8. The highest BCUT2D eigenvalue weighted by Crippen LogP contribution is 2.31. The summed E-state index contributed by atoms with van der Waals surface area (Å²) >= 11 is 0. The normalized spacial score (nSPS) is 21.5. The fraction of sp³-hybridized carbons (Fsp3) is 0.533. The van der Waals surface area contributed by atoms with E-state index in [-0.39, 0.29) is 47.5 Å². The lowest BCUT2D eigenvalue weighted by molar-refractivity contribution is -0.136. The number of ether oxygens (including phenoxy) is 1. The standard InChI is InChI=1S/C30H36F2N8O7S/c31-29(32)47-21-17-33-30(34-18-21)35-19-6-9-39(10-7-19)48(45,46)15-1-8-37-11-13-38(14-12-37)20-2-3-22-23(16-20)28(44)40(27(22)43)24-4-5-25(41)36-26(24)42/h2-3,16-19,24,29H,1,4-15H2,(H,33,34,35)(H,36,41,42). The van der Waals surface area contributed by atoms with Crippen molar-refractivity contribution >= 4 is 45.3 Å². The van der Waals surface area contributed by atoms with Crippen LogP contribution in [0.25, 0.3) is 0 Å². The van der Waals surface area contributed by atoms with Crippen molar-refractivity contribution in [1.82, 2.24) is 29.4 Å². The Hall–Kier alpha value is -4.29. The van der Waals surface area contributed by atoms with E-state index in [1.54, 1.807) is 18.2 Å². The van der Waals surface area contributed by atoms with Gasteiger partial charge >= 0.3 is 6.61 Å². The maximum atomic E-state index is 13.2. The Kier molecular flexibility index (Phi) is 9.84. The molecule has 2 N–H and O–H groups in total. The van der Waals surface area contributed by atoms with Crippen molar-refractivity contribution in [2.24, 2.45) is 0 Å². The van der Waals surface area contributed by atoms with E-state index in [1.807, 2.05) is 0 Å². The van der Waals surface area contributed by atoms with E-state index in [2.05, 4.69) is 35.1 Å². The Balaban J connectivity index is 0.931. The smallest absolute Gasteiger partial charge is 0.387 e. The van der Waals surface area contributed by atoms with Crippen molar-refractivity contribution in [1.29, 1.82) is 0 Å². The molecule has 4 amide bonds. The fourth-order valence-corrected chi connectivity index (χ4v) is 8.02. The van der Waals surface area contributed by atoms with Crippen LogP contribution in [0.15, 0.2) is 30.6 Å². The van der Waals surface area contributed by atoms with Crippen molar-refractivity contribution in [3.8, 4) is 5.75 Å². The van der Waals surface area contributed by atoms with E-state index in [0.29, 0.717) is 65.1 Å². The van der Waals surface area contributed by atoms with Crippen LogP contribution in [0.2, 0.25) is 0 Å². The van der Waals surface area contributed by atoms with Crippen LogP contribution in [0.4, 0.5) is 20.4 Å². The van der Waals surface area contributed by atoms with Crippen LogP contribution in [-0.2, 0) is 19.6 Å². The molecule has 0 bridgehead atoms. The lowest BCUT2D eigenvalue weighted by Crippen LogP contribution is -2.54. The molecule has 1 aromatic heterocycles. The SMILES string of the molecule is O=C1CCC(N2C(=O)c3ccc(N4CCN(CCCS(=O)(=O)N5CCC(Nc6ncc(OC(F)F)cn6)CC5)CC4)cc3C2=O)C(=O)N1. The first-order chi connectivity index (χ1) is 23.0. The predicted octanol–water partition coefficient (Wildman–Crippen LogP) is 0.898. The summed E-state index contributed by atoms with van der Waals surface area (Å²) < 4.78 is 56.4. The van der Waals surface area contributed by atoms with Crippen LogP contribution < -0.4 is 20.3 Å². The van der Waals surface area contributed by atoms with E-state index in [4.69, 9.17) is 0 Å². The minimum absolute atomic E-state index is 0.0324. The molecule has 5 heterocycles. The zero-order chi connectivity index (χ0) is 34.0. The van der Waals surface area contributed by atoms with E-state index in [0.717, 1.165) is 23.0 Å². The molecule has 1 atom stereocenters. The molecule has 4 aliphatic heterocycles. The van der Waals surface area contributed by atoms with Crippen LogP contribution in [0.3, 0.4) is 0 Å². The summed E-state index contributed by atoms with van der Waals surface area (Å²) in [5.41, 5.74) is 1.25. The van der Waals surface area contributed by atoms with Crippen molar-refractivity contribution < 1.29 is 41.1 Å². The number of carbonyl (C=O) groups is 4. The maximum absolute atomic E-state index is 13.2. The lowest BCUT2D eigenvalue weighted by atomic mass is 10.0. The average molecular weight is 691 g/mol. The van der Waals surface area contributed by atoms with Crippen molar-refractivity contribution in [3.05, 3.63) is 41.7 Å². The highest BCUT2D eigenvalue weighted by molar-refractivity contribution is 7.89. The molecule has 0 spiro atoms. The van der Waals surface area contributed by atoms with Gasteiger partial charge in [0.1, 0.15) is 6.04 Å². The van der Waals surface area contributed by atoms with Crippen LogP contribution in [0.5, 0.6) is 5.75 Å². The third-order valence-corrected chi connectivity index (χ3v) is 11.0. The Morgan fingerprint density at radius 3 is 2.29 bits per heavy atom. The van der Waals surface area contributed by atoms with Gasteiger partial charge in [-0.05, 0) is 50.4 Å². The second-order valence-electron chi connectivity index (χ2n) is 12.1. The minimum atomic E-state index is -3.44. The second kappa shape index (κ2) is 14.1. The number of alkyl halides is 2. The number of nitrogens with zero attached hydrogens (tertiary/aromatic N) is 6. The van der Waals surface area contributed by atoms with E-state index < -0.39 is 46.3 Å². The summed E-state index contributed by atoms with van der Waals surface area (Å²) in [6.45, 7) is 1.05. The predicted molar refractivity (Wildman–Crippen MR) is 167 cm³/mol. The van der Waals surface area contributed by atoms with Gasteiger partial charge in [-0.1, -0.05) is 0 Å². The average Bonchev–Trinajstić information content (AvgIpc) is 3.31. The summed E-state index contributed by atoms with van der Waals surface area (Å²) in [4.78, 5) is 63.3. The Bertz CT molecular complexity index is 1660. The number of nitrogens with one attached hydrogen (secondary N) is 2. The molecule has 1 unspecified atom stereocenters. The molecule has 0 radical (unpaired) electrons. The first kappa shape index (κ1) is 33.6. The molecular weight excluding hydrogens is 654 g/mol. The van der Waals surface area contributed by atoms with Gasteiger partial charge in [-0.3, -0.25) is 34.3 Å². The molecule has 18 heteroatoms. The van der Waals surface area contributed by atoms with Gasteiger partial charge < -0.3 is 15.0 Å². The number of benzene rings is 1. The molecule has 3 fully saturated rings. The topological polar surface area (TPSA) is 174 Å². The fourth-order valence-electron chi connectivity index (χ4n) is 6.50. The van der Waals surface area contributed by atoms with Gasteiger partial charge in [0.25, 0.3) is 11.8 Å². The molecule has 0 aliphatic carbocycles. The van der Waals surface area contributed by atoms with Gasteiger partial charge in [0, 0.05) is 57.4 Å². The maximum Gasteiger partial charge on any atom is 0.387 e. The monoisotopic (exact) mass is 690 g/mol. The number of anilines is 2. The van der Waals surface area contributed by atoms with Crippen molar-refractivity contribution in [2.45, 2.75) is 50.8 Å². The molecule has 48 heavy (non-hydrogen) atoms. The molecule has 3 saturated heterocycles. The molecular formula is C30H36F2N8O7S. The van der Waals surface area contributed by atoms with Gasteiger partial charge in [-0.25, -0.2) is 22.7 Å². The third kappa shape index (κ3) is 7.39. The molecule has 2 aromatic rings. The highest BCUT2D eigenvalue weighted by atomic mass is 32.2. The van der Waals surface area contributed by atoms with Crippen molar-refractivity contribution in [3.63, 3.8) is 0 Å². The Morgan fingerprint density at radius 2 is 1.62 bits per heavy atom.